The third kappa shape index (κ3) is 4.88. The van der Waals surface area contributed by atoms with Gasteiger partial charge in [-0.15, -0.1) is 0 Å². The van der Waals surface area contributed by atoms with E-state index in [2.05, 4.69) is 230 Å². The van der Waals surface area contributed by atoms with Gasteiger partial charge in [0.1, 0.15) is 11.2 Å². The lowest BCUT2D eigenvalue weighted by Crippen LogP contribution is -2.16. The van der Waals surface area contributed by atoms with Gasteiger partial charge >= 0.3 is 0 Å². The van der Waals surface area contributed by atoms with Crippen molar-refractivity contribution in [1.82, 2.24) is 4.57 Å². The second kappa shape index (κ2) is 13.1. The van der Waals surface area contributed by atoms with Crippen LogP contribution in [0.25, 0.3) is 93.2 Å². The highest BCUT2D eigenvalue weighted by Gasteiger charge is 2.38. The van der Waals surface area contributed by atoms with E-state index in [9.17, 15) is 0 Å². The summed E-state index contributed by atoms with van der Waals surface area (Å²) in [6, 6.07) is 75.4. The van der Waals surface area contributed by atoms with Crippen molar-refractivity contribution in [2.45, 2.75) is 19.3 Å². The van der Waals surface area contributed by atoms with E-state index in [-0.39, 0.29) is 5.41 Å². The number of hydrogen-bond donors (Lipinski definition) is 0. The minimum Gasteiger partial charge on any atom is -0.455 e. The van der Waals surface area contributed by atoms with E-state index >= 15 is 0 Å². The van der Waals surface area contributed by atoms with Crippen LogP contribution in [0.4, 0.5) is 17.1 Å². The molecule has 2 aromatic heterocycles. The average molecular weight is 793 g/mol. The molecule has 0 spiro atoms. The lowest BCUT2D eigenvalue weighted by molar-refractivity contribution is 0.660. The van der Waals surface area contributed by atoms with Crippen LogP contribution in [0.3, 0.4) is 0 Å². The molecule has 1 aliphatic carbocycles. The molecule has 12 aromatic rings. The van der Waals surface area contributed by atoms with Crippen molar-refractivity contribution in [3.63, 3.8) is 0 Å². The molecular weight excluding hydrogens is 753 g/mol. The van der Waals surface area contributed by atoms with Crippen molar-refractivity contribution in [3.8, 4) is 27.9 Å². The molecule has 0 bridgehead atoms. The monoisotopic (exact) mass is 792 g/mol. The van der Waals surface area contributed by atoms with Crippen LogP contribution in [0.5, 0.6) is 0 Å². The SMILES string of the molecule is CC1(C)c2ccccc2-c2c(N(c3ccc4c(c3)c3ccccc3n4-c3ccccc3)c3ccc(-c4cc5ccccc5c5ccccc45)c4oc5ccccc5c34)cccc21. The number of furan rings is 1. The number of rotatable bonds is 5. The van der Waals surface area contributed by atoms with Gasteiger partial charge in [-0.1, -0.05) is 153 Å². The van der Waals surface area contributed by atoms with Crippen LogP contribution in [0.15, 0.2) is 211 Å². The fourth-order valence-corrected chi connectivity index (χ4v) is 10.8. The molecule has 0 amide bonds. The van der Waals surface area contributed by atoms with Crippen LogP contribution in [0, 0.1) is 0 Å². The van der Waals surface area contributed by atoms with Crippen molar-refractivity contribution in [3.05, 3.63) is 217 Å². The number of nitrogens with zero attached hydrogens (tertiary/aromatic N) is 2. The maximum Gasteiger partial charge on any atom is 0.145 e. The Morgan fingerprint density at radius 2 is 1.11 bits per heavy atom. The maximum atomic E-state index is 7.09. The summed E-state index contributed by atoms with van der Waals surface area (Å²) in [6.07, 6.45) is 0. The molecule has 13 rings (SSSR count). The summed E-state index contributed by atoms with van der Waals surface area (Å²) in [5.41, 5.74) is 15.8. The molecule has 292 valence electrons. The Labute approximate surface area is 359 Å². The molecule has 0 aliphatic heterocycles. The van der Waals surface area contributed by atoms with E-state index in [4.69, 9.17) is 4.42 Å². The van der Waals surface area contributed by atoms with E-state index < -0.39 is 0 Å². The number of hydrogen-bond acceptors (Lipinski definition) is 2. The summed E-state index contributed by atoms with van der Waals surface area (Å²) >= 11 is 0. The number of benzene rings is 10. The van der Waals surface area contributed by atoms with Gasteiger partial charge in [-0.05, 0) is 111 Å². The van der Waals surface area contributed by atoms with Crippen molar-refractivity contribution < 1.29 is 4.42 Å². The summed E-state index contributed by atoms with van der Waals surface area (Å²) < 4.78 is 9.48. The molecule has 62 heavy (non-hydrogen) atoms. The van der Waals surface area contributed by atoms with Crippen molar-refractivity contribution in [1.29, 1.82) is 0 Å². The van der Waals surface area contributed by atoms with Crippen molar-refractivity contribution in [2.75, 3.05) is 4.90 Å². The molecule has 3 heteroatoms. The van der Waals surface area contributed by atoms with E-state index in [1.54, 1.807) is 0 Å². The Hall–Kier alpha value is -7.88. The highest BCUT2D eigenvalue weighted by Crippen LogP contribution is 2.56. The predicted molar refractivity (Wildman–Crippen MR) is 261 cm³/mol. The van der Waals surface area contributed by atoms with Crippen molar-refractivity contribution >= 4 is 82.4 Å². The molecule has 0 unspecified atom stereocenters. The van der Waals surface area contributed by atoms with Crippen LogP contribution in [-0.2, 0) is 5.41 Å². The highest BCUT2D eigenvalue weighted by atomic mass is 16.3. The van der Waals surface area contributed by atoms with E-state index in [1.807, 2.05) is 0 Å². The summed E-state index contributed by atoms with van der Waals surface area (Å²) in [5.74, 6) is 0. The lowest BCUT2D eigenvalue weighted by Gasteiger charge is -2.30. The summed E-state index contributed by atoms with van der Waals surface area (Å²) in [4.78, 5) is 2.51. The topological polar surface area (TPSA) is 21.3 Å². The highest BCUT2D eigenvalue weighted by molar-refractivity contribution is 6.22. The summed E-state index contributed by atoms with van der Waals surface area (Å²) in [7, 11) is 0. The zero-order valence-electron chi connectivity index (χ0n) is 34.4. The van der Waals surface area contributed by atoms with Crippen molar-refractivity contribution in [2.24, 2.45) is 0 Å². The third-order valence-electron chi connectivity index (χ3n) is 13.6. The number of anilines is 3. The lowest BCUT2D eigenvalue weighted by atomic mass is 9.82. The predicted octanol–water partition coefficient (Wildman–Crippen LogP) is 16.4. The molecule has 0 N–H and O–H groups in total. The number of para-hydroxylation sites is 3. The van der Waals surface area contributed by atoms with Crippen LogP contribution in [0.1, 0.15) is 25.0 Å². The van der Waals surface area contributed by atoms with Gasteiger partial charge in [0.2, 0.25) is 0 Å². The Bertz CT molecular complexity index is 3790. The number of aromatic nitrogens is 1. The van der Waals surface area contributed by atoms with Gasteiger partial charge < -0.3 is 13.9 Å². The van der Waals surface area contributed by atoms with Gasteiger partial charge in [0, 0.05) is 44.1 Å². The second-order valence-corrected chi connectivity index (χ2v) is 17.2. The molecule has 0 atom stereocenters. The minimum absolute atomic E-state index is 0.167. The molecule has 2 heterocycles. The zero-order valence-corrected chi connectivity index (χ0v) is 34.4. The van der Waals surface area contributed by atoms with Gasteiger partial charge in [0.15, 0.2) is 0 Å². The normalized spacial score (nSPS) is 13.1. The first-order valence-electron chi connectivity index (χ1n) is 21.5. The maximum absolute atomic E-state index is 7.09. The molecule has 3 nitrogen and oxygen atoms in total. The molecule has 10 aromatic carbocycles. The Morgan fingerprint density at radius 3 is 1.98 bits per heavy atom. The molecular formula is C59H40N2O. The quantitative estimate of drug-likeness (QED) is 0.162. The second-order valence-electron chi connectivity index (χ2n) is 17.2. The molecule has 0 saturated carbocycles. The smallest absolute Gasteiger partial charge is 0.145 e. The van der Waals surface area contributed by atoms with Gasteiger partial charge in [-0.3, -0.25) is 0 Å². The van der Waals surface area contributed by atoms with Gasteiger partial charge in [0.05, 0.1) is 27.8 Å². The third-order valence-corrected chi connectivity index (χ3v) is 13.6. The Balaban J connectivity index is 1.15. The van der Waals surface area contributed by atoms with Gasteiger partial charge in [0.25, 0.3) is 0 Å². The first-order chi connectivity index (χ1) is 30.5. The van der Waals surface area contributed by atoms with Gasteiger partial charge in [-0.25, -0.2) is 0 Å². The zero-order chi connectivity index (χ0) is 41.1. The van der Waals surface area contributed by atoms with Gasteiger partial charge in [-0.2, -0.15) is 0 Å². The van der Waals surface area contributed by atoms with E-state index in [0.717, 1.165) is 55.8 Å². The van der Waals surface area contributed by atoms with E-state index in [0.29, 0.717) is 0 Å². The van der Waals surface area contributed by atoms with Crippen LogP contribution in [-0.4, -0.2) is 4.57 Å². The van der Waals surface area contributed by atoms with Crippen LogP contribution >= 0.6 is 0 Å². The first kappa shape index (κ1) is 34.9. The van der Waals surface area contributed by atoms with Crippen LogP contribution in [0.2, 0.25) is 0 Å². The standard InChI is InChI=1S/C59H40N2O/c1-59(2)49-26-13-10-24-45(49)56-50(59)27-16-29-53(56)61(39-31-33-52-48(36-39)43-23-11-14-28-51(43)60(52)38-18-4-3-5-19-38)54-34-32-44(58-57(54)46-25-12-15-30-55(46)62-58)47-35-37-17-6-7-20-40(37)41-21-8-9-22-42(41)47/h3-36H,1-2H3. The Kier molecular flexibility index (Phi) is 7.36. The average Bonchev–Trinajstić information content (AvgIpc) is 3.95. The molecule has 0 fully saturated rings. The van der Waals surface area contributed by atoms with Crippen LogP contribution < -0.4 is 4.90 Å². The molecule has 1 aliphatic rings. The number of fused-ring (bicyclic) bond motifs is 12. The molecule has 0 radical (unpaired) electrons. The Morgan fingerprint density at radius 1 is 0.435 bits per heavy atom. The summed E-state index contributed by atoms with van der Waals surface area (Å²) in [6.45, 7) is 4.72. The fraction of sp³-hybridized carbons (Fsp3) is 0.0508. The minimum atomic E-state index is -0.167. The summed E-state index contributed by atoms with van der Waals surface area (Å²) in [5, 5.41) is 9.50. The largest absolute Gasteiger partial charge is 0.455 e. The fourth-order valence-electron chi connectivity index (χ4n) is 10.8. The molecule has 0 saturated heterocycles. The first-order valence-corrected chi connectivity index (χ1v) is 21.5. The van der Waals surface area contributed by atoms with E-state index in [1.165, 1.54) is 65.6 Å².